The summed E-state index contributed by atoms with van der Waals surface area (Å²) >= 11 is 0. The van der Waals surface area contributed by atoms with Gasteiger partial charge in [-0.15, -0.1) is 0 Å². The largest absolute Gasteiger partial charge is 0.348 e. The third-order valence-corrected chi connectivity index (χ3v) is 3.05. The molecular weight excluding hydrogens is 200 g/mol. The minimum Gasteiger partial charge on any atom is -0.348 e. The Bertz CT molecular complexity index is 181. The van der Waals surface area contributed by atoms with Crippen molar-refractivity contribution in [1.82, 2.24) is 10.2 Å². The Kier molecular flexibility index (Phi) is 9.30. The van der Waals surface area contributed by atoms with Gasteiger partial charge in [-0.2, -0.15) is 0 Å². The molecule has 3 heteroatoms. The van der Waals surface area contributed by atoms with E-state index < -0.39 is 0 Å². The molecule has 1 amide bonds. The van der Waals surface area contributed by atoms with E-state index in [1.54, 1.807) is 19.0 Å². The zero-order chi connectivity index (χ0) is 12.4. The van der Waals surface area contributed by atoms with E-state index in [1.807, 2.05) is 0 Å². The first-order chi connectivity index (χ1) is 7.61. The molecule has 0 saturated carbocycles. The van der Waals surface area contributed by atoms with Crippen molar-refractivity contribution in [2.75, 3.05) is 27.2 Å². The minimum atomic E-state index is 0.154. The maximum atomic E-state index is 11.3. The molecule has 0 aliphatic carbocycles. The Morgan fingerprint density at radius 2 is 1.94 bits per heavy atom. The number of nitrogens with one attached hydrogen (secondary N) is 1. The molecule has 0 rings (SSSR count). The van der Waals surface area contributed by atoms with E-state index in [1.165, 1.54) is 32.1 Å². The molecule has 3 nitrogen and oxygen atoms in total. The monoisotopic (exact) mass is 228 g/mol. The highest BCUT2D eigenvalue weighted by atomic mass is 16.2. The maximum Gasteiger partial charge on any atom is 0.236 e. The van der Waals surface area contributed by atoms with E-state index in [0.29, 0.717) is 6.54 Å². The van der Waals surface area contributed by atoms with E-state index in [2.05, 4.69) is 19.2 Å². The van der Waals surface area contributed by atoms with Crippen LogP contribution in [0.2, 0.25) is 0 Å². The lowest BCUT2D eigenvalue weighted by atomic mass is 9.96. The van der Waals surface area contributed by atoms with E-state index in [-0.39, 0.29) is 5.91 Å². The highest BCUT2D eigenvalue weighted by Gasteiger charge is 2.06. The fourth-order valence-electron chi connectivity index (χ4n) is 1.71. The van der Waals surface area contributed by atoms with Crippen molar-refractivity contribution in [3.8, 4) is 0 Å². The average Bonchev–Trinajstić information content (AvgIpc) is 2.27. The van der Waals surface area contributed by atoms with Crippen LogP contribution in [0.4, 0.5) is 0 Å². The first-order valence-electron chi connectivity index (χ1n) is 6.52. The molecule has 0 aromatic carbocycles. The Labute approximate surface area is 101 Å². The van der Waals surface area contributed by atoms with Crippen molar-refractivity contribution in [2.45, 2.75) is 46.0 Å². The molecule has 1 atom stereocenters. The van der Waals surface area contributed by atoms with Crippen molar-refractivity contribution in [3.05, 3.63) is 0 Å². The second kappa shape index (κ2) is 9.64. The predicted octanol–water partition coefficient (Wildman–Crippen LogP) is 2.27. The van der Waals surface area contributed by atoms with Gasteiger partial charge < -0.3 is 10.2 Å². The van der Waals surface area contributed by atoms with Crippen LogP contribution in [0, 0.1) is 5.92 Å². The number of carbonyl (C=O) groups excluding carboxylic acids is 1. The summed E-state index contributed by atoms with van der Waals surface area (Å²) < 4.78 is 0. The van der Waals surface area contributed by atoms with Crippen LogP contribution in [0.5, 0.6) is 0 Å². The van der Waals surface area contributed by atoms with Gasteiger partial charge in [0.25, 0.3) is 0 Å². The van der Waals surface area contributed by atoms with Crippen LogP contribution in [0.15, 0.2) is 0 Å². The van der Waals surface area contributed by atoms with Gasteiger partial charge in [0, 0.05) is 14.1 Å². The van der Waals surface area contributed by atoms with Gasteiger partial charge in [0.1, 0.15) is 0 Å². The minimum absolute atomic E-state index is 0.154. The van der Waals surface area contributed by atoms with Crippen molar-refractivity contribution in [3.63, 3.8) is 0 Å². The number of unbranched alkanes of at least 4 members (excludes halogenated alkanes) is 1. The summed E-state index contributed by atoms with van der Waals surface area (Å²) in [6.45, 7) is 5.92. The van der Waals surface area contributed by atoms with Crippen LogP contribution in [0.25, 0.3) is 0 Å². The number of hydrogen-bond donors (Lipinski definition) is 1. The van der Waals surface area contributed by atoms with Gasteiger partial charge in [-0.1, -0.05) is 39.5 Å². The number of amides is 1. The maximum absolute atomic E-state index is 11.3. The Morgan fingerprint density at radius 3 is 2.44 bits per heavy atom. The molecule has 16 heavy (non-hydrogen) atoms. The first-order valence-corrected chi connectivity index (χ1v) is 6.52. The molecule has 0 spiro atoms. The number of carbonyl (C=O) groups is 1. The van der Waals surface area contributed by atoms with Crippen LogP contribution >= 0.6 is 0 Å². The lowest BCUT2D eigenvalue weighted by molar-refractivity contribution is -0.127. The van der Waals surface area contributed by atoms with Crippen molar-refractivity contribution in [2.24, 2.45) is 5.92 Å². The van der Waals surface area contributed by atoms with E-state index in [4.69, 9.17) is 0 Å². The third-order valence-electron chi connectivity index (χ3n) is 3.05. The summed E-state index contributed by atoms with van der Waals surface area (Å²) in [5.74, 6) is 0.975. The van der Waals surface area contributed by atoms with Crippen LogP contribution < -0.4 is 5.32 Å². The third kappa shape index (κ3) is 7.69. The standard InChI is InChI=1S/C13H28N2O/c1-5-7-8-12(6-2)9-10-14-11-13(16)15(3)4/h12,14H,5-11H2,1-4H3. The molecule has 0 aliphatic rings. The summed E-state index contributed by atoms with van der Waals surface area (Å²) in [5, 5.41) is 3.22. The van der Waals surface area contributed by atoms with Gasteiger partial charge in [-0.25, -0.2) is 0 Å². The van der Waals surface area contributed by atoms with E-state index >= 15 is 0 Å². The number of hydrogen-bond acceptors (Lipinski definition) is 2. The molecule has 0 aromatic heterocycles. The number of likely N-dealkylation sites (N-methyl/N-ethyl adjacent to an activating group) is 1. The first kappa shape index (κ1) is 15.4. The van der Waals surface area contributed by atoms with Gasteiger partial charge in [0.15, 0.2) is 0 Å². The zero-order valence-corrected chi connectivity index (χ0v) is 11.4. The van der Waals surface area contributed by atoms with Crippen LogP contribution in [0.1, 0.15) is 46.0 Å². The molecule has 0 fully saturated rings. The SMILES string of the molecule is CCCCC(CC)CCNCC(=O)N(C)C. The Balaban J connectivity index is 3.51. The summed E-state index contributed by atoms with van der Waals surface area (Å²) in [4.78, 5) is 12.9. The zero-order valence-electron chi connectivity index (χ0n) is 11.4. The molecule has 0 aliphatic heterocycles. The van der Waals surface area contributed by atoms with Gasteiger partial charge in [-0.05, 0) is 18.9 Å². The van der Waals surface area contributed by atoms with Crippen LogP contribution in [-0.4, -0.2) is 38.0 Å². The number of rotatable bonds is 9. The lowest BCUT2D eigenvalue weighted by Gasteiger charge is -2.15. The molecule has 1 N–H and O–H groups in total. The van der Waals surface area contributed by atoms with E-state index in [0.717, 1.165) is 12.5 Å². The molecular formula is C13H28N2O. The fraction of sp³-hybridized carbons (Fsp3) is 0.923. The van der Waals surface area contributed by atoms with Gasteiger partial charge in [0.05, 0.1) is 6.54 Å². The highest BCUT2D eigenvalue weighted by Crippen LogP contribution is 2.15. The second-order valence-electron chi connectivity index (χ2n) is 4.67. The summed E-state index contributed by atoms with van der Waals surface area (Å²) in [5.41, 5.74) is 0. The summed E-state index contributed by atoms with van der Waals surface area (Å²) in [6.07, 6.45) is 6.38. The van der Waals surface area contributed by atoms with Gasteiger partial charge in [0.2, 0.25) is 5.91 Å². The number of nitrogens with zero attached hydrogens (tertiary/aromatic N) is 1. The molecule has 0 saturated heterocycles. The quantitative estimate of drug-likeness (QED) is 0.614. The van der Waals surface area contributed by atoms with Gasteiger partial charge in [-0.3, -0.25) is 4.79 Å². The summed E-state index contributed by atoms with van der Waals surface area (Å²) in [7, 11) is 3.58. The fourth-order valence-corrected chi connectivity index (χ4v) is 1.71. The lowest BCUT2D eigenvalue weighted by Crippen LogP contribution is -2.33. The summed E-state index contributed by atoms with van der Waals surface area (Å²) in [6, 6.07) is 0. The van der Waals surface area contributed by atoms with Crippen molar-refractivity contribution in [1.29, 1.82) is 0 Å². The predicted molar refractivity (Wildman–Crippen MR) is 69.5 cm³/mol. The van der Waals surface area contributed by atoms with Crippen molar-refractivity contribution >= 4 is 5.91 Å². The van der Waals surface area contributed by atoms with E-state index in [9.17, 15) is 4.79 Å². The van der Waals surface area contributed by atoms with Gasteiger partial charge >= 0.3 is 0 Å². The normalized spacial score (nSPS) is 12.5. The smallest absolute Gasteiger partial charge is 0.236 e. The Morgan fingerprint density at radius 1 is 1.25 bits per heavy atom. The highest BCUT2D eigenvalue weighted by molar-refractivity contribution is 5.77. The average molecular weight is 228 g/mol. The second-order valence-corrected chi connectivity index (χ2v) is 4.67. The molecule has 0 heterocycles. The van der Waals surface area contributed by atoms with Crippen LogP contribution in [-0.2, 0) is 4.79 Å². The molecule has 0 aromatic rings. The topological polar surface area (TPSA) is 32.3 Å². The Hall–Kier alpha value is -0.570. The molecule has 0 radical (unpaired) electrons. The molecule has 96 valence electrons. The molecule has 0 bridgehead atoms. The van der Waals surface area contributed by atoms with Crippen LogP contribution in [0.3, 0.4) is 0 Å². The molecule has 1 unspecified atom stereocenters. The van der Waals surface area contributed by atoms with Crippen molar-refractivity contribution < 1.29 is 4.79 Å².